The zero-order valence-corrected chi connectivity index (χ0v) is 21.9. The van der Waals surface area contributed by atoms with Gasteiger partial charge in [-0.2, -0.15) is 0 Å². The summed E-state index contributed by atoms with van der Waals surface area (Å²) in [4.78, 5) is 0.486. The first kappa shape index (κ1) is 24.3. The lowest BCUT2D eigenvalue weighted by Gasteiger charge is -2.49. The summed E-state index contributed by atoms with van der Waals surface area (Å²) in [6.07, 6.45) is 5.33. The van der Waals surface area contributed by atoms with Crippen LogP contribution in [0, 0.1) is 13.8 Å². The lowest BCUT2D eigenvalue weighted by molar-refractivity contribution is -0.953. The first-order valence-electron chi connectivity index (χ1n) is 12.8. The number of quaternary nitrogens is 1. The number of fused-ring (bicyclic) bond motifs is 1. The smallest absolute Gasteiger partial charge is 0.264 e. The second-order valence-corrected chi connectivity index (χ2v) is 12.2. The number of nitrogens with zero attached hydrogens (tertiary/aromatic N) is 2. The Balaban J connectivity index is 1.72. The molecule has 33 heavy (non-hydrogen) atoms. The van der Waals surface area contributed by atoms with E-state index in [1.54, 1.807) is 4.31 Å². The van der Waals surface area contributed by atoms with Gasteiger partial charge >= 0.3 is 0 Å². The molecule has 0 aromatic heterocycles. The predicted molar refractivity (Wildman–Crippen MR) is 137 cm³/mol. The Morgan fingerprint density at radius 1 is 1.06 bits per heavy atom. The van der Waals surface area contributed by atoms with Crippen LogP contribution in [0.5, 0.6) is 0 Å². The van der Waals surface area contributed by atoms with Crippen molar-refractivity contribution >= 4 is 15.7 Å². The molecule has 3 unspecified atom stereocenters. The number of piperidine rings is 1. The fourth-order valence-electron chi connectivity index (χ4n) is 6.37. The molecule has 1 fully saturated rings. The number of anilines is 1. The van der Waals surface area contributed by atoms with Crippen LogP contribution in [0.3, 0.4) is 0 Å². The average Bonchev–Trinajstić information content (AvgIpc) is 2.81. The van der Waals surface area contributed by atoms with E-state index in [0.29, 0.717) is 23.4 Å². The minimum Gasteiger partial charge on any atom is -0.321 e. The van der Waals surface area contributed by atoms with Crippen molar-refractivity contribution in [2.75, 3.05) is 30.5 Å². The van der Waals surface area contributed by atoms with Crippen LogP contribution >= 0.6 is 0 Å². The molecule has 2 heterocycles. The lowest BCUT2D eigenvalue weighted by Crippen LogP contribution is -2.58. The van der Waals surface area contributed by atoms with Crippen molar-refractivity contribution < 1.29 is 12.9 Å². The van der Waals surface area contributed by atoms with Crippen LogP contribution in [0.1, 0.15) is 74.6 Å². The van der Waals surface area contributed by atoms with Crippen LogP contribution in [0.2, 0.25) is 0 Å². The number of likely N-dealkylation sites (tertiary alicyclic amines) is 1. The monoisotopic (exact) mass is 469 g/mol. The summed E-state index contributed by atoms with van der Waals surface area (Å²) in [5, 5.41) is 0. The maximum atomic E-state index is 14.0. The van der Waals surface area contributed by atoms with E-state index in [-0.39, 0.29) is 0 Å². The van der Waals surface area contributed by atoms with Crippen molar-refractivity contribution in [2.45, 2.75) is 83.6 Å². The number of hydrogen-bond acceptors (Lipinski definition) is 2. The average molecular weight is 470 g/mol. The predicted octanol–water partition coefficient (Wildman–Crippen LogP) is 5.96. The molecule has 0 aliphatic carbocycles. The zero-order valence-electron chi connectivity index (χ0n) is 21.1. The summed E-state index contributed by atoms with van der Waals surface area (Å²) < 4.78 is 30.9. The highest BCUT2D eigenvalue weighted by atomic mass is 32.2. The molecule has 2 aliphatic rings. The molecule has 0 radical (unpaired) electrons. The number of benzene rings is 2. The Labute approximate surface area is 201 Å². The van der Waals surface area contributed by atoms with Gasteiger partial charge in [-0.25, -0.2) is 8.42 Å². The van der Waals surface area contributed by atoms with Crippen LogP contribution in [0.4, 0.5) is 5.69 Å². The fraction of sp³-hybridized carbons (Fsp3) is 0.571. The third-order valence-corrected chi connectivity index (χ3v) is 10.3. The van der Waals surface area contributed by atoms with Gasteiger partial charge in [0.25, 0.3) is 10.0 Å². The maximum absolute atomic E-state index is 14.0. The molecule has 2 aromatic carbocycles. The van der Waals surface area contributed by atoms with E-state index in [1.807, 2.05) is 38.1 Å². The number of likely N-dealkylation sites (N-methyl/N-ethyl adjacent to an activating group) is 1. The molecule has 4 nitrogen and oxygen atoms in total. The second kappa shape index (κ2) is 9.42. The highest BCUT2D eigenvalue weighted by molar-refractivity contribution is 7.92. The van der Waals surface area contributed by atoms with Gasteiger partial charge in [-0.15, -0.1) is 0 Å². The van der Waals surface area contributed by atoms with E-state index in [4.69, 9.17) is 0 Å². The molecule has 3 atom stereocenters. The molecule has 0 N–H and O–H groups in total. The minimum atomic E-state index is -3.62. The van der Waals surface area contributed by atoms with Gasteiger partial charge in [-0.1, -0.05) is 37.3 Å². The molecule has 4 rings (SSSR count). The van der Waals surface area contributed by atoms with Crippen molar-refractivity contribution in [3.8, 4) is 0 Å². The fourth-order valence-corrected chi connectivity index (χ4v) is 8.23. The zero-order chi connectivity index (χ0) is 23.8. The molecule has 0 spiro atoms. The Morgan fingerprint density at radius 2 is 1.85 bits per heavy atom. The Kier molecular flexibility index (Phi) is 6.93. The molecule has 2 aromatic rings. The van der Waals surface area contributed by atoms with Crippen LogP contribution in [-0.4, -0.2) is 45.1 Å². The third-order valence-electron chi connectivity index (χ3n) is 8.38. The SMILES string of the molecule is CCC[N+]1(CC)CC(c2ccc(C)c(S(=O)(=O)N3CCCc4cccc(C)c43)c2)CCC1C. The largest absolute Gasteiger partial charge is 0.321 e. The van der Waals surface area contributed by atoms with Gasteiger partial charge in [0.05, 0.1) is 36.3 Å². The molecule has 180 valence electrons. The van der Waals surface area contributed by atoms with Crippen LogP contribution in [-0.2, 0) is 16.4 Å². The van der Waals surface area contributed by atoms with Crippen molar-refractivity contribution in [1.82, 2.24) is 0 Å². The molecule has 0 bridgehead atoms. The van der Waals surface area contributed by atoms with Crippen molar-refractivity contribution in [3.63, 3.8) is 0 Å². The van der Waals surface area contributed by atoms with Gasteiger partial charge in [0, 0.05) is 12.5 Å². The number of para-hydroxylation sites is 1. The van der Waals surface area contributed by atoms with Gasteiger partial charge in [0.1, 0.15) is 0 Å². The van der Waals surface area contributed by atoms with Gasteiger partial charge in [0.15, 0.2) is 0 Å². The molecule has 2 aliphatic heterocycles. The number of aryl methyl sites for hydroxylation is 3. The van der Waals surface area contributed by atoms with Crippen LogP contribution in [0.25, 0.3) is 0 Å². The normalized spacial score (nSPS) is 25.7. The Morgan fingerprint density at radius 3 is 2.58 bits per heavy atom. The van der Waals surface area contributed by atoms with Crippen molar-refractivity contribution in [3.05, 3.63) is 58.7 Å². The number of hydrogen-bond donors (Lipinski definition) is 0. The highest BCUT2D eigenvalue weighted by Crippen LogP contribution is 2.39. The highest BCUT2D eigenvalue weighted by Gasteiger charge is 2.40. The molecule has 0 amide bonds. The van der Waals surface area contributed by atoms with E-state index in [9.17, 15) is 8.42 Å². The van der Waals surface area contributed by atoms with Gasteiger partial charge in [0.2, 0.25) is 0 Å². The van der Waals surface area contributed by atoms with Crippen molar-refractivity contribution in [2.24, 2.45) is 0 Å². The molecular weight excluding hydrogens is 428 g/mol. The van der Waals surface area contributed by atoms with Crippen molar-refractivity contribution in [1.29, 1.82) is 0 Å². The van der Waals surface area contributed by atoms with Gasteiger partial charge in [-0.3, -0.25) is 4.31 Å². The molecule has 5 heteroatoms. The summed E-state index contributed by atoms with van der Waals surface area (Å²) in [7, 11) is -3.62. The molecular formula is C28H41N2O2S+. The van der Waals surface area contributed by atoms with Crippen LogP contribution in [0.15, 0.2) is 41.3 Å². The third kappa shape index (κ3) is 4.35. The van der Waals surface area contributed by atoms with E-state index < -0.39 is 10.0 Å². The summed E-state index contributed by atoms with van der Waals surface area (Å²) in [6.45, 7) is 15.0. The standard InChI is InChI=1S/C28H41N2O2S/c1-6-18-30(7-2)20-26(16-14-23(30)5)25-15-13-21(3)27(19-25)33(31,32)29-17-9-12-24-11-8-10-22(4)28(24)29/h8,10-11,13,15,19,23,26H,6-7,9,12,14,16-18,20H2,1-5H3/q+1. The summed E-state index contributed by atoms with van der Waals surface area (Å²) in [6, 6.07) is 13.0. The topological polar surface area (TPSA) is 37.4 Å². The second-order valence-electron chi connectivity index (χ2n) is 10.4. The molecule has 1 saturated heterocycles. The van der Waals surface area contributed by atoms with Gasteiger partial charge in [-0.05, 0) is 88.1 Å². The summed E-state index contributed by atoms with van der Waals surface area (Å²) in [5.74, 6) is 0.414. The quantitative estimate of drug-likeness (QED) is 0.490. The maximum Gasteiger partial charge on any atom is 0.264 e. The van der Waals surface area contributed by atoms with Crippen LogP contribution < -0.4 is 4.31 Å². The molecule has 0 saturated carbocycles. The number of rotatable bonds is 6. The van der Waals surface area contributed by atoms with E-state index in [2.05, 4.69) is 32.9 Å². The minimum absolute atomic E-state index is 0.414. The number of sulfonamides is 1. The first-order valence-corrected chi connectivity index (χ1v) is 14.2. The van der Waals surface area contributed by atoms with E-state index in [1.165, 1.54) is 24.9 Å². The summed E-state index contributed by atoms with van der Waals surface area (Å²) in [5.41, 5.74) is 5.11. The van der Waals surface area contributed by atoms with E-state index >= 15 is 0 Å². The lowest BCUT2D eigenvalue weighted by atomic mass is 9.85. The Bertz CT molecular complexity index is 1110. The van der Waals surface area contributed by atoms with Gasteiger partial charge < -0.3 is 4.48 Å². The first-order chi connectivity index (χ1) is 15.7. The summed E-state index contributed by atoms with van der Waals surface area (Å²) >= 11 is 0. The van der Waals surface area contributed by atoms with E-state index in [0.717, 1.165) is 59.2 Å². The Hall–Kier alpha value is -1.85.